The van der Waals surface area contributed by atoms with Crippen molar-refractivity contribution < 1.29 is 4.74 Å². The molecule has 11 heavy (non-hydrogen) atoms. The predicted molar refractivity (Wildman–Crippen MR) is 47.2 cm³/mol. The fraction of sp³-hybridized carbons (Fsp3) is 0.250. The van der Waals surface area contributed by atoms with Crippen molar-refractivity contribution in [2.45, 2.75) is 6.92 Å². The van der Waals surface area contributed by atoms with Gasteiger partial charge in [-0.05, 0) is 19.1 Å². The highest BCUT2D eigenvalue weighted by Crippen LogP contribution is 2.29. The van der Waals surface area contributed by atoms with Gasteiger partial charge >= 0.3 is 0 Å². The molecule has 0 heterocycles. The van der Waals surface area contributed by atoms with Crippen molar-refractivity contribution in [3.63, 3.8) is 0 Å². The van der Waals surface area contributed by atoms with Gasteiger partial charge in [0, 0.05) is 5.56 Å². The van der Waals surface area contributed by atoms with Gasteiger partial charge in [0.2, 0.25) is 0 Å². The zero-order valence-corrected chi connectivity index (χ0v) is 7.27. The maximum atomic E-state index is 5.76. The van der Waals surface area contributed by atoms with Crippen LogP contribution >= 0.6 is 11.6 Å². The summed E-state index contributed by atoms with van der Waals surface area (Å²) < 4.78 is 5.04. The average molecular weight is 172 g/mol. The molecular weight excluding hydrogens is 162 g/mol. The summed E-state index contributed by atoms with van der Waals surface area (Å²) >= 11 is 5.76. The van der Waals surface area contributed by atoms with Gasteiger partial charge in [-0.25, -0.2) is 0 Å². The Morgan fingerprint density at radius 3 is 2.64 bits per heavy atom. The van der Waals surface area contributed by atoms with Crippen molar-refractivity contribution in [3.05, 3.63) is 22.7 Å². The van der Waals surface area contributed by atoms with Crippen LogP contribution in [0.1, 0.15) is 5.56 Å². The van der Waals surface area contributed by atoms with E-state index in [0.717, 1.165) is 11.3 Å². The molecule has 1 aromatic carbocycles. The number of methoxy groups -OCH3 is 1. The number of nitrogen functional groups attached to an aromatic ring is 1. The third-order valence-electron chi connectivity index (χ3n) is 1.63. The van der Waals surface area contributed by atoms with Crippen molar-refractivity contribution >= 4 is 17.3 Å². The van der Waals surface area contributed by atoms with E-state index in [4.69, 9.17) is 22.1 Å². The number of hydrogen-bond donors (Lipinski definition) is 1. The van der Waals surface area contributed by atoms with Gasteiger partial charge in [-0.15, -0.1) is 0 Å². The quantitative estimate of drug-likeness (QED) is 0.658. The largest absolute Gasteiger partial charge is 0.496 e. The van der Waals surface area contributed by atoms with Gasteiger partial charge in [0.15, 0.2) is 0 Å². The topological polar surface area (TPSA) is 35.2 Å². The second-order valence-electron chi connectivity index (χ2n) is 2.29. The lowest BCUT2D eigenvalue weighted by Gasteiger charge is -2.07. The minimum atomic E-state index is 0.573. The zero-order chi connectivity index (χ0) is 8.43. The normalized spacial score (nSPS) is 9.73. The van der Waals surface area contributed by atoms with Crippen LogP contribution in [0.3, 0.4) is 0 Å². The summed E-state index contributed by atoms with van der Waals surface area (Å²) in [6.45, 7) is 1.88. The highest BCUT2D eigenvalue weighted by molar-refractivity contribution is 6.33. The summed E-state index contributed by atoms with van der Waals surface area (Å²) in [5.74, 6) is 0.770. The molecule has 0 aliphatic carbocycles. The Labute approximate surface area is 70.9 Å². The molecule has 0 saturated carbocycles. The van der Waals surface area contributed by atoms with Crippen LogP contribution in [0.2, 0.25) is 5.02 Å². The van der Waals surface area contributed by atoms with Crippen LogP contribution in [0.15, 0.2) is 12.1 Å². The first-order chi connectivity index (χ1) is 5.16. The molecule has 0 fully saturated rings. The van der Waals surface area contributed by atoms with Crippen LogP contribution in [0, 0.1) is 6.92 Å². The van der Waals surface area contributed by atoms with Crippen LogP contribution in [0.4, 0.5) is 5.69 Å². The van der Waals surface area contributed by atoms with Gasteiger partial charge in [0.1, 0.15) is 5.75 Å². The van der Waals surface area contributed by atoms with E-state index in [1.807, 2.05) is 6.92 Å². The number of nitrogens with two attached hydrogens (primary N) is 1. The van der Waals surface area contributed by atoms with E-state index in [-0.39, 0.29) is 0 Å². The zero-order valence-electron chi connectivity index (χ0n) is 6.52. The fourth-order valence-corrected chi connectivity index (χ4v) is 1.10. The summed E-state index contributed by atoms with van der Waals surface area (Å²) in [5.41, 5.74) is 7.12. The first-order valence-corrected chi connectivity index (χ1v) is 3.63. The molecule has 0 saturated heterocycles. The molecule has 0 amide bonds. The Kier molecular flexibility index (Phi) is 2.25. The van der Waals surface area contributed by atoms with Crippen LogP contribution in [0.25, 0.3) is 0 Å². The average Bonchev–Trinajstić information content (AvgIpc) is 2.01. The summed E-state index contributed by atoms with van der Waals surface area (Å²) in [7, 11) is 1.61. The van der Waals surface area contributed by atoms with Crippen LogP contribution < -0.4 is 10.5 Å². The highest BCUT2D eigenvalue weighted by Gasteiger charge is 2.04. The fourth-order valence-electron chi connectivity index (χ4n) is 0.897. The molecule has 0 bridgehead atoms. The molecule has 0 unspecified atom stereocenters. The molecule has 0 spiro atoms. The monoisotopic (exact) mass is 171 g/mol. The SMILES string of the molecule is COc1ccc(Cl)c(N)c1C. The lowest BCUT2D eigenvalue weighted by atomic mass is 10.2. The van der Waals surface area contributed by atoms with Gasteiger partial charge in [0.25, 0.3) is 0 Å². The summed E-state index contributed by atoms with van der Waals surface area (Å²) in [6, 6.07) is 3.52. The summed E-state index contributed by atoms with van der Waals surface area (Å²) in [4.78, 5) is 0. The Hall–Kier alpha value is -0.890. The molecule has 2 N–H and O–H groups in total. The molecular formula is C8H10ClNO. The van der Waals surface area contributed by atoms with E-state index in [1.165, 1.54) is 0 Å². The van der Waals surface area contributed by atoms with Gasteiger partial charge in [-0.1, -0.05) is 11.6 Å². The molecule has 1 rings (SSSR count). The number of hydrogen-bond acceptors (Lipinski definition) is 2. The highest BCUT2D eigenvalue weighted by atomic mass is 35.5. The summed E-state index contributed by atoms with van der Waals surface area (Å²) in [6.07, 6.45) is 0. The van der Waals surface area contributed by atoms with E-state index in [0.29, 0.717) is 10.7 Å². The Bertz CT molecular complexity index is 273. The standard InChI is InChI=1S/C8H10ClNO/c1-5-7(11-2)4-3-6(9)8(5)10/h3-4H,10H2,1-2H3. The molecule has 0 radical (unpaired) electrons. The molecule has 2 nitrogen and oxygen atoms in total. The van der Waals surface area contributed by atoms with Gasteiger partial charge < -0.3 is 10.5 Å². The molecule has 0 atom stereocenters. The van der Waals surface area contributed by atoms with E-state index in [2.05, 4.69) is 0 Å². The van der Waals surface area contributed by atoms with Gasteiger partial charge in [-0.2, -0.15) is 0 Å². The van der Waals surface area contributed by atoms with E-state index < -0.39 is 0 Å². The van der Waals surface area contributed by atoms with Crippen molar-refractivity contribution in [2.24, 2.45) is 0 Å². The van der Waals surface area contributed by atoms with Crippen molar-refractivity contribution in [1.29, 1.82) is 0 Å². The van der Waals surface area contributed by atoms with E-state index >= 15 is 0 Å². The third kappa shape index (κ3) is 1.40. The van der Waals surface area contributed by atoms with Crippen LogP contribution in [0.5, 0.6) is 5.75 Å². The smallest absolute Gasteiger partial charge is 0.123 e. The van der Waals surface area contributed by atoms with Gasteiger partial charge in [-0.3, -0.25) is 0 Å². The number of anilines is 1. The first-order valence-electron chi connectivity index (χ1n) is 3.25. The van der Waals surface area contributed by atoms with Crippen molar-refractivity contribution in [2.75, 3.05) is 12.8 Å². The number of halogens is 1. The van der Waals surface area contributed by atoms with Crippen LogP contribution in [-0.2, 0) is 0 Å². The maximum Gasteiger partial charge on any atom is 0.123 e. The molecule has 0 aliphatic heterocycles. The number of rotatable bonds is 1. The summed E-state index contributed by atoms with van der Waals surface area (Å²) in [5, 5.41) is 0.573. The lowest BCUT2D eigenvalue weighted by molar-refractivity contribution is 0.412. The first kappa shape index (κ1) is 8.21. The third-order valence-corrected chi connectivity index (χ3v) is 1.96. The van der Waals surface area contributed by atoms with E-state index in [1.54, 1.807) is 19.2 Å². The number of benzene rings is 1. The minimum Gasteiger partial charge on any atom is -0.496 e. The minimum absolute atomic E-state index is 0.573. The Morgan fingerprint density at radius 1 is 1.45 bits per heavy atom. The maximum absolute atomic E-state index is 5.76. The molecule has 0 aromatic heterocycles. The van der Waals surface area contributed by atoms with Crippen molar-refractivity contribution in [1.82, 2.24) is 0 Å². The molecule has 1 aromatic rings. The second-order valence-corrected chi connectivity index (χ2v) is 2.70. The van der Waals surface area contributed by atoms with E-state index in [9.17, 15) is 0 Å². The molecule has 0 aliphatic rings. The Balaban J connectivity index is 3.25. The molecule has 60 valence electrons. The lowest BCUT2D eigenvalue weighted by Crippen LogP contribution is -1.94. The van der Waals surface area contributed by atoms with Gasteiger partial charge in [0.05, 0.1) is 17.8 Å². The molecule has 3 heteroatoms. The number of ether oxygens (including phenoxy) is 1. The van der Waals surface area contributed by atoms with Crippen LogP contribution in [-0.4, -0.2) is 7.11 Å². The second kappa shape index (κ2) is 3.01. The Morgan fingerprint density at radius 2 is 2.09 bits per heavy atom. The predicted octanol–water partition coefficient (Wildman–Crippen LogP) is 2.24. The van der Waals surface area contributed by atoms with Crippen molar-refractivity contribution in [3.8, 4) is 5.75 Å².